The quantitative estimate of drug-likeness (QED) is 0.799. The Kier molecular flexibility index (Phi) is 6.69. The minimum atomic E-state index is -0.157. The molecule has 0 radical (unpaired) electrons. The van der Waals surface area contributed by atoms with Gasteiger partial charge in [0.15, 0.2) is 0 Å². The summed E-state index contributed by atoms with van der Waals surface area (Å²) in [5, 5.41) is 2.93. The lowest BCUT2D eigenvalue weighted by Gasteiger charge is -2.32. The fraction of sp³-hybridized carbons (Fsp3) is 0.391. The zero-order chi connectivity index (χ0) is 19.9. The normalized spacial score (nSPS) is 13.0. The van der Waals surface area contributed by atoms with Crippen LogP contribution in [0.1, 0.15) is 30.9 Å². The maximum absolute atomic E-state index is 13.0. The molecule has 0 aromatic heterocycles. The van der Waals surface area contributed by atoms with E-state index in [1.165, 1.54) is 5.56 Å². The highest BCUT2D eigenvalue weighted by atomic mass is 16.2. The van der Waals surface area contributed by atoms with Gasteiger partial charge < -0.3 is 15.1 Å². The summed E-state index contributed by atoms with van der Waals surface area (Å²) in [7, 11) is 0. The van der Waals surface area contributed by atoms with E-state index in [9.17, 15) is 9.59 Å². The van der Waals surface area contributed by atoms with E-state index in [0.29, 0.717) is 13.1 Å². The number of rotatable bonds is 7. The van der Waals surface area contributed by atoms with E-state index < -0.39 is 0 Å². The SMILES string of the molecule is CCCN(CC(=O)Nc1ccccc1C)C(=O)CN1CCCc2ccccc21. The zero-order valence-electron chi connectivity index (χ0n) is 16.8. The van der Waals surface area contributed by atoms with Gasteiger partial charge in [0.2, 0.25) is 11.8 Å². The number of fused-ring (bicyclic) bond motifs is 1. The predicted octanol–water partition coefficient (Wildman–Crippen LogP) is 3.62. The molecule has 28 heavy (non-hydrogen) atoms. The van der Waals surface area contributed by atoms with Crippen molar-refractivity contribution in [1.29, 1.82) is 0 Å². The van der Waals surface area contributed by atoms with Gasteiger partial charge in [-0.15, -0.1) is 0 Å². The summed E-state index contributed by atoms with van der Waals surface area (Å²) in [6.45, 7) is 5.83. The van der Waals surface area contributed by atoms with Crippen LogP contribution in [0.4, 0.5) is 11.4 Å². The number of benzene rings is 2. The van der Waals surface area contributed by atoms with Crippen LogP contribution in [0.2, 0.25) is 0 Å². The van der Waals surface area contributed by atoms with E-state index >= 15 is 0 Å². The zero-order valence-corrected chi connectivity index (χ0v) is 16.8. The fourth-order valence-corrected chi connectivity index (χ4v) is 3.68. The number of aryl methyl sites for hydroxylation is 2. The molecule has 0 bridgehead atoms. The molecule has 1 N–H and O–H groups in total. The maximum Gasteiger partial charge on any atom is 0.244 e. The van der Waals surface area contributed by atoms with Crippen LogP contribution in [0, 0.1) is 6.92 Å². The van der Waals surface area contributed by atoms with E-state index in [1.807, 2.05) is 50.2 Å². The second kappa shape index (κ2) is 9.40. The van der Waals surface area contributed by atoms with Crippen molar-refractivity contribution in [1.82, 2.24) is 4.90 Å². The van der Waals surface area contributed by atoms with Crippen molar-refractivity contribution in [2.45, 2.75) is 33.1 Å². The second-order valence-corrected chi connectivity index (χ2v) is 7.33. The van der Waals surface area contributed by atoms with Crippen LogP contribution in [0.3, 0.4) is 0 Å². The van der Waals surface area contributed by atoms with Crippen LogP contribution in [0.15, 0.2) is 48.5 Å². The van der Waals surface area contributed by atoms with E-state index in [0.717, 1.165) is 42.7 Å². The van der Waals surface area contributed by atoms with Gasteiger partial charge in [0.25, 0.3) is 0 Å². The Morgan fingerprint density at radius 1 is 1.11 bits per heavy atom. The number of nitrogens with zero attached hydrogens (tertiary/aromatic N) is 2. The third-order valence-corrected chi connectivity index (χ3v) is 5.13. The van der Waals surface area contributed by atoms with Crippen molar-refractivity contribution < 1.29 is 9.59 Å². The standard InChI is InChI=1S/C23H29N3O2/c1-3-14-26(16-22(27)24-20-12-6-4-9-18(20)2)23(28)17-25-15-8-11-19-10-5-7-13-21(19)25/h4-7,9-10,12-13H,3,8,11,14-17H2,1-2H3,(H,24,27). The first-order valence-electron chi connectivity index (χ1n) is 10.0. The lowest BCUT2D eigenvalue weighted by molar-refractivity contribution is -0.133. The van der Waals surface area contributed by atoms with Crippen LogP contribution in [0.25, 0.3) is 0 Å². The molecule has 2 aromatic carbocycles. The molecule has 1 aliphatic heterocycles. The molecular weight excluding hydrogens is 350 g/mol. The minimum Gasteiger partial charge on any atom is -0.362 e. The molecule has 0 spiro atoms. The Labute approximate surface area is 167 Å². The molecule has 0 fully saturated rings. The first-order chi connectivity index (χ1) is 13.6. The van der Waals surface area contributed by atoms with Gasteiger partial charge in [-0.2, -0.15) is 0 Å². The number of carbonyl (C=O) groups excluding carboxylic acids is 2. The molecule has 1 heterocycles. The van der Waals surface area contributed by atoms with Crippen molar-refractivity contribution in [3.8, 4) is 0 Å². The third kappa shape index (κ3) is 4.91. The van der Waals surface area contributed by atoms with Crippen molar-refractivity contribution in [2.75, 3.05) is 36.4 Å². The van der Waals surface area contributed by atoms with Crippen LogP contribution < -0.4 is 10.2 Å². The largest absolute Gasteiger partial charge is 0.362 e. The van der Waals surface area contributed by atoms with Gasteiger partial charge in [0, 0.05) is 24.5 Å². The number of hydrogen-bond acceptors (Lipinski definition) is 3. The number of nitrogens with one attached hydrogen (secondary N) is 1. The van der Waals surface area contributed by atoms with Crippen molar-refractivity contribution in [3.63, 3.8) is 0 Å². The number of hydrogen-bond donors (Lipinski definition) is 1. The van der Waals surface area contributed by atoms with Crippen molar-refractivity contribution in [2.24, 2.45) is 0 Å². The van der Waals surface area contributed by atoms with Gasteiger partial charge in [0.05, 0.1) is 13.1 Å². The highest BCUT2D eigenvalue weighted by Gasteiger charge is 2.23. The topological polar surface area (TPSA) is 52.7 Å². The average Bonchev–Trinajstić information content (AvgIpc) is 2.69. The van der Waals surface area contributed by atoms with E-state index in [4.69, 9.17) is 0 Å². The van der Waals surface area contributed by atoms with Gasteiger partial charge >= 0.3 is 0 Å². The van der Waals surface area contributed by atoms with Gasteiger partial charge in [-0.1, -0.05) is 43.3 Å². The van der Waals surface area contributed by atoms with Crippen LogP contribution in [-0.4, -0.2) is 42.9 Å². The van der Waals surface area contributed by atoms with Gasteiger partial charge in [-0.25, -0.2) is 0 Å². The molecule has 0 saturated heterocycles. The molecule has 148 valence electrons. The van der Waals surface area contributed by atoms with Gasteiger partial charge in [0.1, 0.15) is 0 Å². The number of para-hydroxylation sites is 2. The van der Waals surface area contributed by atoms with Crippen LogP contribution >= 0.6 is 0 Å². The van der Waals surface area contributed by atoms with E-state index in [2.05, 4.69) is 22.3 Å². The number of anilines is 2. The van der Waals surface area contributed by atoms with E-state index in [1.54, 1.807) is 4.90 Å². The summed E-state index contributed by atoms with van der Waals surface area (Å²) in [6, 6.07) is 15.9. The molecule has 2 aromatic rings. The van der Waals surface area contributed by atoms with Crippen LogP contribution in [0.5, 0.6) is 0 Å². The lowest BCUT2D eigenvalue weighted by atomic mass is 10.0. The first-order valence-corrected chi connectivity index (χ1v) is 10.0. The minimum absolute atomic E-state index is 0.00140. The lowest BCUT2D eigenvalue weighted by Crippen LogP contribution is -2.45. The summed E-state index contributed by atoms with van der Waals surface area (Å²) in [4.78, 5) is 29.3. The monoisotopic (exact) mass is 379 g/mol. The molecule has 3 rings (SSSR count). The molecule has 0 saturated carbocycles. The highest BCUT2D eigenvalue weighted by molar-refractivity contribution is 5.95. The molecular formula is C23H29N3O2. The van der Waals surface area contributed by atoms with Crippen molar-refractivity contribution in [3.05, 3.63) is 59.7 Å². The predicted molar refractivity (Wildman–Crippen MR) is 114 cm³/mol. The number of carbonyl (C=O) groups is 2. The third-order valence-electron chi connectivity index (χ3n) is 5.13. The smallest absolute Gasteiger partial charge is 0.244 e. The maximum atomic E-state index is 13.0. The Morgan fingerprint density at radius 2 is 1.86 bits per heavy atom. The molecule has 5 heteroatoms. The number of amides is 2. The second-order valence-electron chi connectivity index (χ2n) is 7.33. The summed E-state index contributed by atoms with van der Waals surface area (Å²) in [5.41, 5.74) is 4.24. The Balaban J connectivity index is 1.64. The summed E-state index contributed by atoms with van der Waals surface area (Å²) in [5.74, 6) is -0.159. The van der Waals surface area contributed by atoms with Crippen molar-refractivity contribution >= 4 is 23.2 Å². The first kappa shape index (κ1) is 19.9. The Bertz CT molecular complexity index is 834. The summed E-state index contributed by atoms with van der Waals surface area (Å²) in [6.07, 6.45) is 2.92. The molecule has 5 nitrogen and oxygen atoms in total. The summed E-state index contributed by atoms with van der Waals surface area (Å²) < 4.78 is 0. The molecule has 1 aliphatic rings. The fourth-order valence-electron chi connectivity index (χ4n) is 3.68. The Morgan fingerprint density at radius 3 is 2.64 bits per heavy atom. The van der Waals surface area contributed by atoms with Gasteiger partial charge in [-0.3, -0.25) is 9.59 Å². The molecule has 2 amide bonds. The van der Waals surface area contributed by atoms with Gasteiger partial charge in [-0.05, 0) is 49.4 Å². The van der Waals surface area contributed by atoms with E-state index in [-0.39, 0.29) is 18.4 Å². The summed E-state index contributed by atoms with van der Waals surface area (Å²) >= 11 is 0. The Hall–Kier alpha value is -2.82. The average molecular weight is 380 g/mol. The van der Waals surface area contributed by atoms with Crippen LogP contribution in [-0.2, 0) is 16.0 Å². The molecule has 0 unspecified atom stereocenters. The highest BCUT2D eigenvalue weighted by Crippen LogP contribution is 2.26. The molecule has 0 atom stereocenters. The molecule has 0 aliphatic carbocycles.